The minimum atomic E-state index is -0.557. The van der Waals surface area contributed by atoms with E-state index in [1.54, 1.807) is 0 Å². The number of halogens is 1. The molecular weight excluding hydrogens is 328 g/mol. The molecule has 0 radical (unpaired) electrons. The highest BCUT2D eigenvalue weighted by Gasteiger charge is 2.16. The standard InChI is InChI=1S/C18H19ClN2O3/c1-2-3-4-5-13-6-8-14(9-7-13)20-18(22)16-12-15(21(23)24)10-11-17(16)19/h6-12H,2-5H2,1H3,(H,20,22). The van der Waals surface area contributed by atoms with Gasteiger partial charge in [-0.2, -0.15) is 0 Å². The lowest BCUT2D eigenvalue weighted by Crippen LogP contribution is -2.12. The van der Waals surface area contributed by atoms with Crippen molar-refractivity contribution in [3.63, 3.8) is 0 Å². The van der Waals surface area contributed by atoms with Crippen LogP contribution in [0.15, 0.2) is 42.5 Å². The SMILES string of the molecule is CCCCCc1ccc(NC(=O)c2cc([N+](=O)[O-])ccc2Cl)cc1. The lowest BCUT2D eigenvalue weighted by atomic mass is 10.1. The van der Waals surface area contributed by atoms with Crippen LogP contribution in [0, 0.1) is 10.1 Å². The largest absolute Gasteiger partial charge is 0.322 e. The van der Waals surface area contributed by atoms with Gasteiger partial charge in [-0.05, 0) is 36.6 Å². The highest BCUT2D eigenvalue weighted by Crippen LogP contribution is 2.23. The van der Waals surface area contributed by atoms with Gasteiger partial charge in [-0.25, -0.2) is 0 Å². The first-order valence-corrected chi connectivity index (χ1v) is 8.23. The highest BCUT2D eigenvalue weighted by molar-refractivity contribution is 6.34. The molecule has 2 aromatic carbocycles. The van der Waals surface area contributed by atoms with Gasteiger partial charge in [0.25, 0.3) is 11.6 Å². The average molecular weight is 347 g/mol. The van der Waals surface area contributed by atoms with Gasteiger partial charge in [0.15, 0.2) is 0 Å². The van der Waals surface area contributed by atoms with Crippen LogP contribution in [0.1, 0.15) is 42.1 Å². The Kier molecular flexibility index (Phi) is 6.32. The maximum Gasteiger partial charge on any atom is 0.270 e. The molecule has 0 saturated carbocycles. The highest BCUT2D eigenvalue weighted by atomic mass is 35.5. The molecule has 0 aromatic heterocycles. The number of aryl methyl sites for hydroxylation is 1. The molecule has 0 spiro atoms. The zero-order chi connectivity index (χ0) is 17.5. The Bertz CT molecular complexity index is 730. The van der Waals surface area contributed by atoms with Crippen molar-refractivity contribution in [3.05, 3.63) is 68.7 Å². The van der Waals surface area contributed by atoms with Crippen LogP contribution in [0.3, 0.4) is 0 Å². The van der Waals surface area contributed by atoms with E-state index in [2.05, 4.69) is 12.2 Å². The summed E-state index contributed by atoms with van der Waals surface area (Å²) in [4.78, 5) is 22.6. The first-order chi connectivity index (χ1) is 11.5. The number of hydrogen-bond donors (Lipinski definition) is 1. The number of nitrogens with zero attached hydrogens (tertiary/aromatic N) is 1. The van der Waals surface area contributed by atoms with E-state index >= 15 is 0 Å². The van der Waals surface area contributed by atoms with Gasteiger partial charge in [0.1, 0.15) is 0 Å². The third-order valence-corrected chi connectivity index (χ3v) is 4.02. The van der Waals surface area contributed by atoms with E-state index in [4.69, 9.17) is 11.6 Å². The van der Waals surface area contributed by atoms with Crippen molar-refractivity contribution in [2.75, 3.05) is 5.32 Å². The van der Waals surface area contributed by atoms with Crippen molar-refractivity contribution in [2.24, 2.45) is 0 Å². The maximum atomic E-state index is 12.3. The van der Waals surface area contributed by atoms with Gasteiger partial charge in [-0.15, -0.1) is 0 Å². The number of non-ortho nitro benzene ring substituents is 1. The Morgan fingerprint density at radius 3 is 2.50 bits per heavy atom. The smallest absolute Gasteiger partial charge is 0.270 e. The predicted octanol–water partition coefficient (Wildman–Crippen LogP) is 5.23. The molecule has 2 rings (SSSR count). The lowest BCUT2D eigenvalue weighted by Gasteiger charge is -2.08. The molecule has 0 atom stereocenters. The summed E-state index contributed by atoms with van der Waals surface area (Å²) in [5.74, 6) is -0.470. The number of amides is 1. The van der Waals surface area contributed by atoms with Crippen molar-refractivity contribution >= 4 is 28.9 Å². The molecule has 0 aliphatic rings. The van der Waals surface area contributed by atoms with Crippen LogP contribution in [0.4, 0.5) is 11.4 Å². The Morgan fingerprint density at radius 2 is 1.88 bits per heavy atom. The summed E-state index contributed by atoms with van der Waals surface area (Å²) in [6.07, 6.45) is 4.53. The van der Waals surface area contributed by atoms with Crippen molar-refractivity contribution in [3.8, 4) is 0 Å². The van der Waals surface area contributed by atoms with Gasteiger partial charge in [-0.1, -0.05) is 43.5 Å². The van der Waals surface area contributed by atoms with E-state index in [9.17, 15) is 14.9 Å². The number of nitro benzene ring substituents is 1. The second kappa shape index (κ2) is 8.45. The van der Waals surface area contributed by atoms with Crippen LogP contribution in [-0.2, 0) is 6.42 Å². The average Bonchev–Trinajstić information content (AvgIpc) is 2.56. The summed E-state index contributed by atoms with van der Waals surface area (Å²) >= 11 is 5.97. The number of hydrogen-bond acceptors (Lipinski definition) is 3. The molecule has 0 fully saturated rings. The minimum Gasteiger partial charge on any atom is -0.322 e. The molecule has 5 nitrogen and oxygen atoms in total. The summed E-state index contributed by atoms with van der Waals surface area (Å²) in [5, 5.41) is 13.7. The summed E-state index contributed by atoms with van der Waals surface area (Å²) < 4.78 is 0. The number of anilines is 1. The van der Waals surface area contributed by atoms with Gasteiger partial charge in [-0.3, -0.25) is 14.9 Å². The number of benzene rings is 2. The quantitative estimate of drug-likeness (QED) is 0.423. The van der Waals surface area contributed by atoms with Gasteiger partial charge in [0.2, 0.25) is 0 Å². The van der Waals surface area contributed by atoms with Crippen LogP contribution < -0.4 is 5.32 Å². The number of nitro groups is 1. The van der Waals surface area contributed by atoms with Crippen molar-refractivity contribution in [1.82, 2.24) is 0 Å². The molecular formula is C18H19ClN2O3. The number of unbranched alkanes of at least 4 members (excludes halogenated alkanes) is 2. The summed E-state index contributed by atoms with van der Waals surface area (Å²) in [6, 6.07) is 11.4. The zero-order valence-corrected chi connectivity index (χ0v) is 14.2. The Morgan fingerprint density at radius 1 is 1.17 bits per heavy atom. The van der Waals surface area contributed by atoms with E-state index in [1.807, 2.05) is 24.3 Å². The summed E-state index contributed by atoms with van der Waals surface area (Å²) in [5.41, 5.74) is 1.75. The Labute approximate surface area is 145 Å². The molecule has 1 amide bonds. The van der Waals surface area contributed by atoms with E-state index < -0.39 is 10.8 Å². The normalized spacial score (nSPS) is 10.4. The van der Waals surface area contributed by atoms with Crippen molar-refractivity contribution in [2.45, 2.75) is 32.6 Å². The molecule has 6 heteroatoms. The zero-order valence-electron chi connectivity index (χ0n) is 13.4. The molecule has 0 aliphatic heterocycles. The van der Waals surface area contributed by atoms with Crippen molar-refractivity contribution in [1.29, 1.82) is 0 Å². The topological polar surface area (TPSA) is 72.2 Å². The van der Waals surface area contributed by atoms with Gasteiger partial charge in [0, 0.05) is 17.8 Å². The molecule has 0 unspecified atom stereocenters. The van der Waals surface area contributed by atoms with Gasteiger partial charge in [0.05, 0.1) is 15.5 Å². The third-order valence-electron chi connectivity index (χ3n) is 3.69. The second-order valence-electron chi connectivity index (χ2n) is 5.53. The number of nitrogens with one attached hydrogen (secondary N) is 1. The predicted molar refractivity (Wildman–Crippen MR) is 95.7 cm³/mol. The van der Waals surface area contributed by atoms with E-state index in [-0.39, 0.29) is 16.3 Å². The fraction of sp³-hybridized carbons (Fsp3) is 0.278. The Balaban J connectivity index is 2.07. The van der Waals surface area contributed by atoms with Crippen LogP contribution in [0.5, 0.6) is 0 Å². The maximum absolute atomic E-state index is 12.3. The van der Waals surface area contributed by atoms with Crippen LogP contribution >= 0.6 is 11.6 Å². The third kappa shape index (κ3) is 4.80. The molecule has 126 valence electrons. The van der Waals surface area contributed by atoms with Crippen molar-refractivity contribution < 1.29 is 9.72 Å². The second-order valence-corrected chi connectivity index (χ2v) is 5.94. The first-order valence-electron chi connectivity index (χ1n) is 7.85. The van der Waals surface area contributed by atoms with Crippen LogP contribution in [-0.4, -0.2) is 10.8 Å². The van der Waals surface area contributed by atoms with E-state index in [0.717, 1.165) is 12.8 Å². The molecule has 24 heavy (non-hydrogen) atoms. The van der Waals surface area contributed by atoms with E-state index in [0.29, 0.717) is 5.69 Å². The Hall–Kier alpha value is -2.40. The fourth-order valence-electron chi connectivity index (χ4n) is 2.33. The summed E-state index contributed by atoms with van der Waals surface area (Å²) in [6.45, 7) is 2.16. The molecule has 0 heterocycles. The minimum absolute atomic E-state index is 0.0814. The molecule has 1 N–H and O–H groups in total. The number of rotatable bonds is 7. The number of carbonyl (C=O) groups excluding carboxylic acids is 1. The van der Waals surface area contributed by atoms with Gasteiger partial charge >= 0.3 is 0 Å². The number of carbonyl (C=O) groups is 1. The van der Waals surface area contributed by atoms with Gasteiger partial charge < -0.3 is 5.32 Å². The molecule has 0 bridgehead atoms. The molecule has 2 aromatic rings. The monoisotopic (exact) mass is 346 g/mol. The summed E-state index contributed by atoms with van der Waals surface area (Å²) in [7, 11) is 0. The van der Waals surface area contributed by atoms with E-state index in [1.165, 1.54) is 36.6 Å². The van der Waals surface area contributed by atoms with Crippen LogP contribution in [0.2, 0.25) is 5.02 Å². The van der Waals surface area contributed by atoms with Crippen LogP contribution in [0.25, 0.3) is 0 Å². The molecule has 0 aliphatic carbocycles. The lowest BCUT2D eigenvalue weighted by molar-refractivity contribution is -0.384. The molecule has 0 saturated heterocycles. The first kappa shape index (κ1) is 17.9. The fourth-order valence-corrected chi connectivity index (χ4v) is 2.54.